The average molecular weight is 417 g/mol. The van der Waals surface area contributed by atoms with Gasteiger partial charge in [0.2, 0.25) is 0 Å². The number of rotatable bonds is 4. The first-order chi connectivity index (χ1) is 14.6. The normalized spacial score (nSPS) is 23.8. The van der Waals surface area contributed by atoms with Gasteiger partial charge >= 0.3 is 0 Å². The Morgan fingerprint density at radius 3 is 2.43 bits per heavy atom. The quantitative estimate of drug-likeness (QED) is 0.555. The number of nitrogens with zero attached hydrogens (tertiary/aromatic N) is 4. The Morgan fingerprint density at radius 2 is 1.73 bits per heavy atom. The number of ether oxygens (including phenoxy) is 1. The number of benzene rings is 1. The molecule has 164 valence electrons. The van der Waals surface area contributed by atoms with Crippen LogP contribution >= 0.6 is 0 Å². The summed E-state index contributed by atoms with van der Waals surface area (Å²) >= 11 is 0. The van der Waals surface area contributed by atoms with Gasteiger partial charge in [0.15, 0.2) is 0 Å². The van der Waals surface area contributed by atoms with Crippen molar-refractivity contribution in [2.45, 2.75) is 44.6 Å². The minimum Gasteiger partial charge on any atom is -0.378 e. The number of carbonyl (C=O) groups is 1. The lowest BCUT2D eigenvalue weighted by Gasteiger charge is -2.40. The van der Waals surface area contributed by atoms with E-state index in [2.05, 4.69) is 9.80 Å². The van der Waals surface area contributed by atoms with Crippen LogP contribution in [-0.4, -0.2) is 79.2 Å². The average Bonchev–Trinajstić information content (AvgIpc) is 3.08. The Balaban J connectivity index is 1.52. The number of nitro groups is 1. The van der Waals surface area contributed by atoms with Crippen molar-refractivity contribution in [3.63, 3.8) is 0 Å². The van der Waals surface area contributed by atoms with Gasteiger partial charge in [-0.15, -0.1) is 0 Å². The van der Waals surface area contributed by atoms with Crippen molar-refractivity contribution >= 4 is 17.3 Å². The van der Waals surface area contributed by atoms with E-state index in [1.165, 1.54) is 31.7 Å². The van der Waals surface area contributed by atoms with E-state index >= 15 is 0 Å². The van der Waals surface area contributed by atoms with E-state index in [0.717, 1.165) is 39.0 Å². The summed E-state index contributed by atoms with van der Waals surface area (Å²) in [6.07, 6.45) is 7.28. The highest BCUT2D eigenvalue weighted by molar-refractivity contribution is 5.96. The first kappa shape index (κ1) is 21.1. The number of anilines is 1. The van der Waals surface area contributed by atoms with Crippen LogP contribution in [0.1, 0.15) is 48.9 Å². The Hall–Kier alpha value is -2.19. The van der Waals surface area contributed by atoms with Gasteiger partial charge in [-0.1, -0.05) is 12.8 Å². The van der Waals surface area contributed by atoms with Crippen LogP contribution in [0.3, 0.4) is 0 Å². The summed E-state index contributed by atoms with van der Waals surface area (Å²) in [6, 6.07) is 5.43. The van der Waals surface area contributed by atoms with Crippen LogP contribution in [0.2, 0.25) is 0 Å². The third-order valence-corrected chi connectivity index (χ3v) is 6.61. The number of piperidine rings is 1. The summed E-state index contributed by atoms with van der Waals surface area (Å²) in [6.45, 7) is 5.98. The highest BCUT2D eigenvalue weighted by Gasteiger charge is 2.30. The Kier molecular flexibility index (Phi) is 6.84. The molecule has 1 aromatic carbocycles. The summed E-state index contributed by atoms with van der Waals surface area (Å²) in [5.74, 6) is -0.158. The Labute approximate surface area is 177 Å². The number of likely N-dealkylation sites (tertiary alicyclic amines) is 1. The molecule has 1 aromatic rings. The molecule has 1 unspecified atom stereocenters. The van der Waals surface area contributed by atoms with Gasteiger partial charge in [-0.3, -0.25) is 19.8 Å². The summed E-state index contributed by atoms with van der Waals surface area (Å²) in [7, 11) is 0. The van der Waals surface area contributed by atoms with Crippen molar-refractivity contribution in [1.29, 1.82) is 0 Å². The van der Waals surface area contributed by atoms with Crippen molar-refractivity contribution in [2.24, 2.45) is 0 Å². The van der Waals surface area contributed by atoms with E-state index in [1.54, 1.807) is 17.0 Å². The van der Waals surface area contributed by atoms with Crippen LogP contribution in [-0.2, 0) is 4.74 Å². The molecule has 0 aromatic heterocycles. The van der Waals surface area contributed by atoms with Crippen molar-refractivity contribution in [1.82, 2.24) is 9.80 Å². The van der Waals surface area contributed by atoms with Crippen LogP contribution in [0.25, 0.3) is 0 Å². The minimum atomic E-state index is -0.346. The Bertz CT molecular complexity index is 758. The standard InChI is InChI=1S/C22H32N4O4/c27-22(24-12-14-30-15-13-24)18-7-8-20(21(16-18)26(28)29)25-11-5-6-19(17-25)23-9-3-1-2-4-10-23/h7-8,16,19H,1-6,9-15,17H2. The van der Waals surface area contributed by atoms with E-state index in [-0.39, 0.29) is 16.5 Å². The fraction of sp³-hybridized carbons (Fsp3) is 0.682. The predicted molar refractivity (Wildman–Crippen MR) is 115 cm³/mol. The van der Waals surface area contributed by atoms with Gasteiger partial charge in [-0.25, -0.2) is 0 Å². The lowest BCUT2D eigenvalue weighted by molar-refractivity contribution is -0.384. The summed E-state index contributed by atoms with van der Waals surface area (Å²) in [4.78, 5) is 30.7. The van der Waals surface area contributed by atoms with Gasteiger partial charge in [-0.05, 0) is 50.9 Å². The highest BCUT2D eigenvalue weighted by Crippen LogP contribution is 2.33. The third kappa shape index (κ3) is 4.75. The lowest BCUT2D eigenvalue weighted by atomic mass is 10.0. The second-order valence-electron chi connectivity index (χ2n) is 8.56. The van der Waals surface area contributed by atoms with Gasteiger partial charge < -0.3 is 14.5 Å². The van der Waals surface area contributed by atoms with Gasteiger partial charge in [0.05, 0.1) is 18.1 Å². The molecular weight excluding hydrogens is 384 g/mol. The van der Waals surface area contributed by atoms with E-state index in [4.69, 9.17) is 4.74 Å². The zero-order valence-electron chi connectivity index (χ0n) is 17.6. The second kappa shape index (κ2) is 9.75. The molecule has 1 amide bonds. The molecule has 0 aliphatic carbocycles. The van der Waals surface area contributed by atoms with Crippen LogP contribution in [0.15, 0.2) is 18.2 Å². The third-order valence-electron chi connectivity index (χ3n) is 6.61. The molecule has 3 fully saturated rings. The fourth-order valence-corrected chi connectivity index (χ4v) is 4.95. The summed E-state index contributed by atoms with van der Waals surface area (Å²) in [5.41, 5.74) is 1.05. The predicted octanol–water partition coefficient (Wildman–Crippen LogP) is 2.91. The van der Waals surface area contributed by atoms with E-state index in [0.29, 0.717) is 43.6 Å². The molecule has 0 N–H and O–H groups in total. The highest BCUT2D eigenvalue weighted by atomic mass is 16.6. The summed E-state index contributed by atoms with van der Waals surface area (Å²) < 4.78 is 5.30. The molecule has 0 spiro atoms. The Morgan fingerprint density at radius 1 is 1.00 bits per heavy atom. The molecule has 0 saturated carbocycles. The molecule has 0 bridgehead atoms. The maximum absolute atomic E-state index is 12.8. The van der Waals surface area contributed by atoms with E-state index in [9.17, 15) is 14.9 Å². The molecule has 0 radical (unpaired) electrons. The molecule has 8 heteroatoms. The molecule has 1 atom stereocenters. The fourth-order valence-electron chi connectivity index (χ4n) is 4.95. The van der Waals surface area contributed by atoms with Gasteiger partial charge in [0, 0.05) is 43.9 Å². The molecule has 4 rings (SSSR count). The summed E-state index contributed by atoms with van der Waals surface area (Å²) in [5, 5.41) is 11.9. The van der Waals surface area contributed by atoms with Crippen LogP contribution in [0.5, 0.6) is 0 Å². The molecule has 3 aliphatic heterocycles. The largest absolute Gasteiger partial charge is 0.378 e. The zero-order chi connectivity index (χ0) is 20.9. The monoisotopic (exact) mass is 416 g/mol. The van der Waals surface area contributed by atoms with E-state index in [1.807, 2.05) is 0 Å². The number of carbonyl (C=O) groups excluding carboxylic acids is 1. The van der Waals surface area contributed by atoms with Crippen molar-refractivity contribution in [3.8, 4) is 0 Å². The zero-order valence-corrected chi connectivity index (χ0v) is 17.6. The van der Waals surface area contributed by atoms with Crippen LogP contribution in [0, 0.1) is 10.1 Å². The number of amides is 1. The number of hydrogen-bond donors (Lipinski definition) is 0. The first-order valence-electron chi connectivity index (χ1n) is 11.3. The van der Waals surface area contributed by atoms with E-state index < -0.39 is 0 Å². The van der Waals surface area contributed by atoms with Crippen molar-refractivity contribution in [2.75, 3.05) is 57.4 Å². The maximum atomic E-state index is 12.8. The minimum absolute atomic E-state index is 0.0330. The van der Waals surface area contributed by atoms with Crippen LogP contribution < -0.4 is 4.90 Å². The SMILES string of the molecule is O=C(c1ccc(N2CCCC(N3CCCCCC3)C2)c([N+](=O)[O-])c1)N1CCOCC1. The molecule has 30 heavy (non-hydrogen) atoms. The lowest BCUT2D eigenvalue weighted by Crippen LogP contribution is -2.48. The van der Waals surface area contributed by atoms with Crippen LogP contribution in [0.4, 0.5) is 11.4 Å². The molecule has 3 aliphatic rings. The van der Waals surface area contributed by atoms with Gasteiger partial charge in [0.25, 0.3) is 11.6 Å². The van der Waals surface area contributed by atoms with Crippen molar-refractivity contribution in [3.05, 3.63) is 33.9 Å². The maximum Gasteiger partial charge on any atom is 0.293 e. The molecule has 8 nitrogen and oxygen atoms in total. The second-order valence-corrected chi connectivity index (χ2v) is 8.56. The van der Waals surface area contributed by atoms with Crippen molar-refractivity contribution < 1.29 is 14.5 Å². The first-order valence-corrected chi connectivity index (χ1v) is 11.3. The molecular formula is C22H32N4O4. The van der Waals surface area contributed by atoms with Gasteiger partial charge in [-0.2, -0.15) is 0 Å². The number of morpholine rings is 1. The molecule has 3 saturated heterocycles. The molecule has 3 heterocycles. The smallest absolute Gasteiger partial charge is 0.293 e. The topological polar surface area (TPSA) is 79.2 Å². The number of hydrogen-bond acceptors (Lipinski definition) is 6. The number of nitro benzene ring substituents is 1. The van der Waals surface area contributed by atoms with Gasteiger partial charge in [0.1, 0.15) is 5.69 Å².